The van der Waals surface area contributed by atoms with Crippen LogP contribution in [0.4, 0.5) is 0 Å². The van der Waals surface area contributed by atoms with Crippen LogP contribution in [0.25, 0.3) is 0 Å². The monoisotopic (exact) mass is 562 g/mol. The molecule has 0 amide bonds. The fraction of sp³-hybridized carbons (Fsp3) is 0.381. The second-order valence-electron chi connectivity index (χ2n) is 6.51. The Hall–Kier alpha value is -2.05. The lowest BCUT2D eigenvalue weighted by Gasteiger charge is -2.13. The number of rotatable bonds is 10. The number of hydrogen-bond acceptors (Lipinski definition) is 5. The molecule has 2 aromatic rings. The summed E-state index contributed by atoms with van der Waals surface area (Å²) >= 11 is 0. The summed E-state index contributed by atoms with van der Waals surface area (Å²) in [5.41, 5.74) is 1.92. The number of ether oxygens (including phenoxy) is 2. The predicted molar refractivity (Wildman–Crippen MR) is 134 cm³/mol. The van der Waals surface area contributed by atoms with E-state index in [9.17, 15) is 8.42 Å². The van der Waals surface area contributed by atoms with Gasteiger partial charge in [-0.1, -0.05) is 17.7 Å². The van der Waals surface area contributed by atoms with Crippen LogP contribution in [0.2, 0.25) is 0 Å². The number of sulfonamides is 1. The van der Waals surface area contributed by atoms with E-state index in [0.717, 1.165) is 11.1 Å². The zero-order chi connectivity index (χ0) is 22.0. The molecule has 0 fully saturated rings. The number of nitrogens with one attached hydrogen (secondary N) is 3. The van der Waals surface area contributed by atoms with Crippen LogP contribution in [0.3, 0.4) is 0 Å². The van der Waals surface area contributed by atoms with Crippen LogP contribution in [0.5, 0.6) is 11.5 Å². The largest absolute Gasteiger partial charge is 0.497 e. The van der Waals surface area contributed by atoms with Gasteiger partial charge in [0.2, 0.25) is 10.0 Å². The maximum Gasteiger partial charge on any atom is 0.240 e. The van der Waals surface area contributed by atoms with Crippen molar-refractivity contribution in [1.82, 2.24) is 15.4 Å². The van der Waals surface area contributed by atoms with Crippen molar-refractivity contribution < 1.29 is 17.9 Å². The Morgan fingerprint density at radius 2 is 1.71 bits per heavy atom. The molecule has 0 aliphatic rings. The van der Waals surface area contributed by atoms with Gasteiger partial charge in [0.25, 0.3) is 0 Å². The fourth-order valence-electron chi connectivity index (χ4n) is 2.66. The van der Waals surface area contributed by atoms with Crippen molar-refractivity contribution >= 4 is 40.0 Å². The average Bonchev–Trinajstić information content (AvgIpc) is 2.75. The quantitative estimate of drug-likeness (QED) is 0.178. The van der Waals surface area contributed by atoms with E-state index in [1.807, 2.05) is 32.0 Å². The van der Waals surface area contributed by atoms with Crippen molar-refractivity contribution in [3.63, 3.8) is 0 Å². The lowest BCUT2D eigenvalue weighted by molar-refractivity contribution is 0.391. The Morgan fingerprint density at radius 3 is 2.32 bits per heavy atom. The highest BCUT2D eigenvalue weighted by Crippen LogP contribution is 2.25. The normalized spacial score (nSPS) is 11.4. The number of guanidine groups is 1. The van der Waals surface area contributed by atoms with Gasteiger partial charge in [0.15, 0.2) is 5.96 Å². The van der Waals surface area contributed by atoms with E-state index in [0.29, 0.717) is 37.1 Å². The summed E-state index contributed by atoms with van der Waals surface area (Å²) < 4.78 is 37.9. The number of aliphatic imine (C=N–C) groups is 1. The molecule has 0 saturated carbocycles. The highest BCUT2D eigenvalue weighted by molar-refractivity contribution is 14.0. The fourth-order valence-corrected chi connectivity index (χ4v) is 3.69. The van der Waals surface area contributed by atoms with Gasteiger partial charge in [-0.15, -0.1) is 24.0 Å². The van der Waals surface area contributed by atoms with E-state index in [1.165, 1.54) is 0 Å². The van der Waals surface area contributed by atoms with Crippen LogP contribution in [-0.4, -0.2) is 48.2 Å². The minimum absolute atomic E-state index is 0. The summed E-state index contributed by atoms with van der Waals surface area (Å²) in [7, 11) is -0.330. The predicted octanol–water partition coefficient (Wildman–Crippen LogP) is 2.66. The number of methoxy groups -OCH3 is 2. The van der Waals surface area contributed by atoms with Crippen molar-refractivity contribution in [3.8, 4) is 11.5 Å². The van der Waals surface area contributed by atoms with E-state index in [2.05, 4.69) is 20.3 Å². The second-order valence-corrected chi connectivity index (χ2v) is 8.28. The van der Waals surface area contributed by atoms with Gasteiger partial charge in [-0.25, -0.2) is 18.1 Å². The van der Waals surface area contributed by atoms with Crippen LogP contribution < -0.4 is 24.8 Å². The molecule has 2 rings (SSSR count). The van der Waals surface area contributed by atoms with Crippen LogP contribution in [0.15, 0.2) is 52.4 Å². The Labute approximate surface area is 201 Å². The Morgan fingerprint density at radius 1 is 1.00 bits per heavy atom. The molecule has 0 heterocycles. The number of benzene rings is 2. The van der Waals surface area contributed by atoms with Crippen LogP contribution in [-0.2, 0) is 16.6 Å². The molecule has 2 aromatic carbocycles. The average molecular weight is 562 g/mol. The van der Waals surface area contributed by atoms with Crippen molar-refractivity contribution in [3.05, 3.63) is 53.6 Å². The number of hydrogen-bond donors (Lipinski definition) is 3. The van der Waals surface area contributed by atoms with Gasteiger partial charge < -0.3 is 20.1 Å². The summed E-state index contributed by atoms with van der Waals surface area (Å²) in [4.78, 5) is 4.80. The molecule has 0 spiro atoms. The Balaban J connectivity index is 0.00000480. The highest BCUT2D eigenvalue weighted by Gasteiger charge is 2.12. The van der Waals surface area contributed by atoms with Crippen LogP contribution in [0, 0.1) is 6.92 Å². The molecule has 31 heavy (non-hydrogen) atoms. The molecule has 0 bridgehead atoms. The summed E-state index contributed by atoms with van der Waals surface area (Å²) in [5, 5.41) is 6.28. The van der Waals surface area contributed by atoms with Gasteiger partial charge >= 0.3 is 0 Å². The van der Waals surface area contributed by atoms with E-state index in [-0.39, 0.29) is 35.4 Å². The van der Waals surface area contributed by atoms with Crippen LogP contribution in [0.1, 0.15) is 18.1 Å². The third-order valence-electron chi connectivity index (χ3n) is 4.29. The molecule has 3 N–H and O–H groups in total. The van der Waals surface area contributed by atoms with E-state index in [4.69, 9.17) is 9.47 Å². The van der Waals surface area contributed by atoms with Crippen molar-refractivity contribution in [2.24, 2.45) is 4.99 Å². The Kier molecular flexibility index (Phi) is 11.6. The summed E-state index contributed by atoms with van der Waals surface area (Å²) in [6.07, 6.45) is 0. The lowest BCUT2D eigenvalue weighted by atomic mass is 10.2. The first kappa shape index (κ1) is 27.0. The van der Waals surface area contributed by atoms with E-state index in [1.54, 1.807) is 38.5 Å². The second kappa shape index (κ2) is 13.4. The van der Waals surface area contributed by atoms with Gasteiger partial charge in [0.05, 0.1) is 25.7 Å². The molecule has 0 aromatic heterocycles. The number of halogens is 1. The molecular formula is C21H31IN4O4S. The molecule has 0 aliphatic carbocycles. The van der Waals surface area contributed by atoms with Gasteiger partial charge in [-0.3, -0.25) is 0 Å². The standard InChI is InChI=1S/C21H30N4O4S.HI/c1-5-22-21(24-15-17-8-9-18(28-3)14-20(17)29-4)23-12-13-25-30(26,27)19-10-6-16(2)7-11-19;/h6-11,14,25H,5,12-13,15H2,1-4H3,(H2,22,23,24);1H. The summed E-state index contributed by atoms with van der Waals surface area (Å²) in [6, 6.07) is 12.3. The number of aryl methyl sites for hydroxylation is 1. The zero-order valence-corrected chi connectivity index (χ0v) is 21.4. The smallest absolute Gasteiger partial charge is 0.240 e. The summed E-state index contributed by atoms with van der Waals surface area (Å²) in [5.74, 6) is 2.00. The summed E-state index contributed by atoms with van der Waals surface area (Å²) in [6.45, 7) is 5.57. The first-order valence-corrected chi connectivity index (χ1v) is 11.2. The highest BCUT2D eigenvalue weighted by atomic mass is 127. The Bertz CT molecular complexity index is 950. The van der Waals surface area contributed by atoms with E-state index < -0.39 is 10.0 Å². The SMILES string of the molecule is CCNC(=NCc1ccc(OC)cc1OC)NCCNS(=O)(=O)c1ccc(C)cc1.I. The molecule has 0 radical (unpaired) electrons. The molecule has 0 atom stereocenters. The topological polar surface area (TPSA) is 101 Å². The molecular weight excluding hydrogens is 531 g/mol. The van der Waals surface area contributed by atoms with Crippen molar-refractivity contribution in [2.75, 3.05) is 33.9 Å². The van der Waals surface area contributed by atoms with Gasteiger partial charge in [0, 0.05) is 31.3 Å². The maximum absolute atomic E-state index is 12.3. The first-order valence-electron chi connectivity index (χ1n) is 9.69. The minimum Gasteiger partial charge on any atom is -0.497 e. The third-order valence-corrected chi connectivity index (χ3v) is 5.76. The number of nitrogens with zero attached hydrogens (tertiary/aromatic N) is 1. The molecule has 0 aliphatic heterocycles. The molecule has 0 saturated heterocycles. The van der Waals surface area contributed by atoms with Gasteiger partial charge in [-0.2, -0.15) is 0 Å². The van der Waals surface area contributed by atoms with Gasteiger partial charge in [-0.05, 0) is 38.1 Å². The van der Waals surface area contributed by atoms with E-state index >= 15 is 0 Å². The molecule has 10 heteroatoms. The maximum atomic E-state index is 12.3. The third kappa shape index (κ3) is 8.54. The van der Waals surface area contributed by atoms with Gasteiger partial charge in [0.1, 0.15) is 11.5 Å². The molecule has 0 unspecified atom stereocenters. The van der Waals surface area contributed by atoms with Crippen LogP contribution >= 0.6 is 24.0 Å². The zero-order valence-electron chi connectivity index (χ0n) is 18.3. The molecule has 8 nitrogen and oxygen atoms in total. The first-order chi connectivity index (χ1) is 14.4. The molecule has 172 valence electrons. The lowest BCUT2D eigenvalue weighted by Crippen LogP contribution is -2.41. The minimum atomic E-state index is -3.54. The van der Waals surface area contributed by atoms with Crippen molar-refractivity contribution in [2.45, 2.75) is 25.3 Å². The van der Waals surface area contributed by atoms with Crippen molar-refractivity contribution in [1.29, 1.82) is 0 Å².